The Bertz CT molecular complexity index is 436. The maximum absolute atomic E-state index is 8.99. The fourth-order valence-corrected chi connectivity index (χ4v) is 2.38. The molecule has 1 aromatic rings. The van der Waals surface area contributed by atoms with Crippen LogP contribution in [0.3, 0.4) is 0 Å². The molecule has 4 nitrogen and oxygen atoms in total. The summed E-state index contributed by atoms with van der Waals surface area (Å²) in [6, 6.07) is 6.37. The van der Waals surface area contributed by atoms with Crippen molar-refractivity contribution >= 4 is 5.82 Å². The van der Waals surface area contributed by atoms with Gasteiger partial charge in [0.25, 0.3) is 0 Å². The lowest BCUT2D eigenvalue weighted by Crippen LogP contribution is -2.29. The Morgan fingerprint density at radius 3 is 3.11 bits per heavy atom. The Kier molecular flexibility index (Phi) is 4.16. The largest absolute Gasteiger partial charge is 0.369 e. The van der Waals surface area contributed by atoms with Gasteiger partial charge in [0.15, 0.2) is 0 Å². The van der Waals surface area contributed by atoms with Crippen molar-refractivity contribution < 1.29 is 0 Å². The topological polar surface area (TPSA) is 52.0 Å². The lowest BCUT2D eigenvalue weighted by atomic mass is 10.1. The van der Waals surface area contributed by atoms with Gasteiger partial charge >= 0.3 is 0 Å². The van der Waals surface area contributed by atoms with Gasteiger partial charge in [0, 0.05) is 25.3 Å². The van der Waals surface area contributed by atoms with E-state index in [1.54, 1.807) is 18.3 Å². The van der Waals surface area contributed by atoms with E-state index in [2.05, 4.69) is 35.1 Å². The van der Waals surface area contributed by atoms with E-state index in [4.69, 9.17) is 5.26 Å². The highest BCUT2D eigenvalue weighted by Crippen LogP contribution is 2.19. The molecule has 1 aliphatic heterocycles. The fourth-order valence-electron chi connectivity index (χ4n) is 2.38. The van der Waals surface area contributed by atoms with Gasteiger partial charge in [-0.05, 0) is 44.9 Å². The van der Waals surface area contributed by atoms with Gasteiger partial charge in [-0.1, -0.05) is 0 Å². The van der Waals surface area contributed by atoms with Crippen molar-refractivity contribution in [2.24, 2.45) is 5.92 Å². The minimum atomic E-state index is 0.621. The zero-order chi connectivity index (χ0) is 13.0. The number of rotatable bonds is 4. The third-order valence-corrected chi connectivity index (χ3v) is 3.53. The van der Waals surface area contributed by atoms with Crippen LogP contribution in [0.15, 0.2) is 18.3 Å². The third kappa shape index (κ3) is 2.99. The second kappa shape index (κ2) is 5.83. The summed E-state index contributed by atoms with van der Waals surface area (Å²) in [6.45, 7) is 7.69. The Morgan fingerprint density at radius 1 is 1.61 bits per heavy atom. The highest BCUT2D eigenvalue weighted by molar-refractivity contribution is 5.51. The molecule has 2 rings (SSSR count). The number of anilines is 1. The lowest BCUT2D eigenvalue weighted by molar-refractivity contribution is 0.266. The number of nitrogens with zero attached hydrogens (tertiary/aromatic N) is 3. The van der Waals surface area contributed by atoms with Crippen molar-refractivity contribution in [1.29, 1.82) is 5.26 Å². The molecule has 0 amide bonds. The number of hydrogen-bond donors (Lipinski definition) is 1. The maximum atomic E-state index is 8.99. The Labute approximate surface area is 109 Å². The first-order valence-corrected chi connectivity index (χ1v) is 6.53. The number of nitriles is 1. The zero-order valence-electron chi connectivity index (χ0n) is 11.1. The van der Waals surface area contributed by atoms with Crippen LogP contribution in [0.5, 0.6) is 0 Å². The van der Waals surface area contributed by atoms with Gasteiger partial charge < -0.3 is 10.2 Å². The van der Waals surface area contributed by atoms with Crippen LogP contribution in [0, 0.1) is 17.2 Å². The van der Waals surface area contributed by atoms with Gasteiger partial charge in [-0.25, -0.2) is 4.98 Å². The summed E-state index contributed by atoms with van der Waals surface area (Å²) >= 11 is 0. The number of hydrogen-bond acceptors (Lipinski definition) is 4. The monoisotopic (exact) mass is 244 g/mol. The summed E-state index contributed by atoms with van der Waals surface area (Å²) in [5, 5.41) is 12.3. The molecule has 0 saturated carbocycles. The number of nitrogens with one attached hydrogen (secondary N) is 1. The average Bonchev–Trinajstić information content (AvgIpc) is 2.85. The van der Waals surface area contributed by atoms with Gasteiger partial charge in [-0.2, -0.15) is 5.26 Å². The molecule has 0 aromatic carbocycles. The summed E-state index contributed by atoms with van der Waals surface area (Å²) in [5.41, 5.74) is 0.621. The minimum absolute atomic E-state index is 0.621. The van der Waals surface area contributed by atoms with Gasteiger partial charge in [-0.3, -0.25) is 0 Å². The molecular weight excluding hydrogens is 224 g/mol. The van der Waals surface area contributed by atoms with Gasteiger partial charge in [0.05, 0.1) is 5.56 Å². The smallest absolute Gasteiger partial charge is 0.143 e. The Hall–Kier alpha value is -1.60. The maximum Gasteiger partial charge on any atom is 0.143 e. The van der Waals surface area contributed by atoms with Crippen LogP contribution in [-0.2, 0) is 0 Å². The van der Waals surface area contributed by atoms with Crippen LogP contribution in [0.4, 0.5) is 5.82 Å². The minimum Gasteiger partial charge on any atom is -0.369 e. The molecule has 0 aliphatic carbocycles. The van der Waals surface area contributed by atoms with E-state index in [1.165, 1.54) is 13.0 Å². The van der Waals surface area contributed by atoms with Crippen LogP contribution in [0.2, 0.25) is 0 Å². The molecule has 1 atom stereocenters. The number of aromatic nitrogens is 1. The fraction of sp³-hybridized carbons (Fsp3) is 0.571. The summed E-state index contributed by atoms with van der Waals surface area (Å²) in [6.07, 6.45) is 2.94. The second-order valence-corrected chi connectivity index (χ2v) is 5.14. The standard InChI is InChI=1S/C14H20N4/c1-11(2)18-7-5-12(10-18)9-17-14-13(8-15)4-3-6-16-14/h3-4,6,11-12H,5,7,9-10H2,1-2H3,(H,16,17). The molecule has 96 valence electrons. The van der Waals surface area contributed by atoms with Crippen LogP contribution >= 0.6 is 0 Å². The van der Waals surface area contributed by atoms with Crippen LogP contribution in [0.1, 0.15) is 25.8 Å². The molecule has 18 heavy (non-hydrogen) atoms. The van der Waals surface area contributed by atoms with E-state index in [1.807, 2.05) is 0 Å². The van der Waals surface area contributed by atoms with Crippen LogP contribution < -0.4 is 5.32 Å². The second-order valence-electron chi connectivity index (χ2n) is 5.14. The molecule has 4 heteroatoms. The van der Waals surface area contributed by atoms with Crippen molar-refractivity contribution in [1.82, 2.24) is 9.88 Å². The van der Waals surface area contributed by atoms with Gasteiger partial charge in [0.2, 0.25) is 0 Å². The summed E-state index contributed by atoms with van der Waals surface area (Å²) in [5.74, 6) is 1.36. The third-order valence-electron chi connectivity index (χ3n) is 3.53. The average molecular weight is 244 g/mol. The highest BCUT2D eigenvalue weighted by Gasteiger charge is 2.23. The first kappa shape index (κ1) is 12.8. The Morgan fingerprint density at radius 2 is 2.44 bits per heavy atom. The molecule has 1 fully saturated rings. The molecule has 0 radical (unpaired) electrons. The van der Waals surface area contributed by atoms with E-state index < -0.39 is 0 Å². The van der Waals surface area contributed by atoms with E-state index in [0.29, 0.717) is 23.3 Å². The van der Waals surface area contributed by atoms with Gasteiger partial charge in [-0.15, -0.1) is 0 Å². The van der Waals surface area contributed by atoms with E-state index in [0.717, 1.165) is 13.1 Å². The van der Waals surface area contributed by atoms with Crippen molar-refractivity contribution in [2.75, 3.05) is 25.0 Å². The normalized spacial score (nSPS) is 20.0. The zero-order valence-corrected chi connectivity index (χ0v) is 11.1. The molecular formula is C14H20N4. The first-order chi connectivity index (χ1) is 8.70. The molecule has 1 aliphatic rings. The SMILES string of the molecule is CC(C)N1CCC(CNc2ncccc2C#N)C1. The summed E-state index contributed by atoms with van der Waals surface area (Å²) in [4.78, 5) is 6.71. The van der Waals surface area contributed by atoms with Gasteiger partial charge in [0.1, 0.15) is 11.9 Å². The van der Waals surface area contributed by atoms with E-state index in [-0.39, 0.29) is 0 Å². The predicted octanol–water partition coefficient (Wildman–Crippen LogP) is 2.10. The molecule has 1 saturated heterocycles. The number of likely N-dealkylation sites (tertiary alicyclic amines) is 1. The molecule has 1 N–H and O–H groups in total. The first-order valence-electron chi connectivity index (χ1n) is 6.53. The van der Waals surface area contributed by atoms with Crippen molar-refractivity contribution in [2.45, 2.75) is 26.3 Å². The Balaban J connectivity index is 1.88. The predicted molar refractivity (Wildman–Crippen MR) is 72.3 cm³/mol. The quantitative estimate of drug-likeness (QED) is 0.881. The number of pyridine rings is 1. The van der Waals surface area contributed by atoms with E-state index >= 15 is 0 Å². The van der Waals surface area contributed by atoms with Crippen LogP contribution in [0.25, 0.3) is 0 Å². The molecule has 0 bridgehead atoms. The van der Waals surface area contributed by atoms with Crippen molar-refractivity contribution in [3.05, 3.63) is 23.9 Å². The molecule has 1 aromatic heterocycles. The highest BCUT2D eigenvalue weighted by atomic mass is 15.2. The molecule has 0 spiro atoms. The van der Waals surface area contributed by atoms with E-state index in [9.17, 15) is 0 Å². The van der Waals surface area contributed by atoms with Crippen molar-refractivity contribution in [3.8, 4) is 6.07 Å². The summed E-state index contributed by atoms with van der Waals surface area (Å²) < 4.78 is 0. The molecule has 2 heterocycles. The molecule has 1 unspecified atom stereocenters. The van der Waals surface area contributed by atoms with Crippen LogP contribution in [-0.4, -0.2) is 35.6 Å². The summed E-state index contributed by atoms with van der Waals surface area (Å²) in [7, 11) is 0. The lowest BCUT2D eigenvalue weighted by Gasteiger charge is -2.20. The van der Waals surface area contributed by atoms with Crippen molar-refractivity contribution in [3.63, 3.8) is 0 Å².